The molecule has 0 bridgehead atoms. The van der Waals surface area contributed by atoms with Crippen LogP contribution in [0.4, 0.5) is 5.69 Å². The van der Waals surface area contributed by atoms with Gasteiger partial charge in [0.15, 0.2) is 0 Å². The summed E-state index contributed by atoms with van der Waals surface area (Å²) in [5.41, 5.74) is 3.95. The van der Waals surface area contributed by atoms with Crippen molar-refractivity contribution in [1.82, 2.24) is 14.3 Å². The Labute approximate surface area is 233 Å². The van der Waals surface area contributed by atoms with Gasteiger partial charge in [0.05, 0.1) is 22.3 Å². The van der Waals surface area contributed by atoms with E-state index in [1.807, 2.05) is 31.2 Å². The summed E-state index contributed by atoms with van der Waals surface area (Å²) < 4.78 is 29.5. The summed E-state index contributed by atoms with van der Waals surface area (Å²) in [4.78, 5) is 36.6. The molecule has 196 valence electrons. The number of aryl methyl sites for hydroxylation is 1. The van der Waals surface area contributed by atoms with Crippen molar-refractivity contribution in [2.45, 2.75) is 30.1 Å². The molecule has 0 aliphatic carbocycles. The van der Waals surface area contributed by atoms with Gasteiger partial charge in [-0.1, -0.05) is 18.2 Å². The summed E-state index contributed by atoms with van der Waals surface area (Å²) in [7, 11) is -4.04. The van der Waals surface area contributed by atoms with Gasteiger partial charge in [-0.25, -0.2) is 18.3 Å². The highest BCUT2D eigenvalue weighted by atomic mass is 32.2. The molecule has 3 aromatic heterocycles. The molecule has 1 aliphatic rings. The molecular weight excluding hydrogens is 553 g/mol. The Bertz CT molecular complexity index is 1780. The molecule has 0 N–H and O–H groups in total. The molecule has 2 aromatic carbocycles. The van der Waals surface area contributed by atoms with Crippen molar-refractivity contribution in [3.8, 4) is 10.6 Å². The van der Waals surface area contributed by atoms with Crippen molar-refractivity contribution in [1.29, 1.82) is 0 Å². The number of benzene rings is 2. The van der Waals surface area contributed by atoms with Crippen molar-refractivity contribution in [3.63, 3.8) is 0 Å². The molecular formula is C28H22N4O4S3. The Morgan fingerprint density at radius 1 is 1.05 bits per heavy atom. The Hall–Kier alpha value is -3.77. The zero-order valence-electron chi connectivity index (χ0n) is 20.7. The third kappa shape index (κ3) is 4.78. The monoisotopic (exact) mass is 574 g/mol. The number of sulfonamides is 1. The van der Waals surface area contributed by atoms with Crippen LogP contribution in [0.5, 0.6) is 0 Å². The van der Waals surface area contributed by atoms with Crippen molar-refractivity contribution < 1.29 is 18.0 Å². The molecule has 39 heavy (non-hydrogen) atoms. The average Bonchev–Trinajstić information content (AvgIpc) is 3.68. The van der Waals surface area contributed by atoms with Gasteiger partial charge in [-0.3, -0.25) is 14.6 Å². The quantitative estimate of drug-likeness (QED) is 0.246. The second kappa shape index (κ2) is 10.1. The minimum absolute atomic E-state index is 0.0817. The molecule has 1 unspecified atom stereocenters. The van der Waals surface area contributed by atoms with Crippen molar-refractivity contribution in [2.75, 3.05) is 4.90 Å². The lowest BCUT2D eigenvalue weighted by molar-refractivity contribution is -0.122. The number of hydrogen-bond acceptors (Lipinski definition) is 8. The van der Waals surface area contributed by atoms with Gasteiger partial charge in [-0.2, -0.15) is 4.31 Å². The number of thiophene rings is 1. The van der Waals surface area contributed by atoms with E-state index >= 15 is 0 Å². The molecule has 5 aromatic rings. The molecule has 6 rings (SSSR count). The number of anilines is 1. The number of imide groups is 1. The lowest BCUT2D eigenvalue weighted by Gasteiger charge is -2.26. The summed E-state index contributed by atoms with van der Waals surface area (Å²) in [6.07, 6.45) is 2.90. The molecule has 1 fully saturated rings. The average molecular weight is 575 g/mol. The normalized spacial score (nSPS) is 16.1. The van der Waals surface area contributed by atoms with Gasteiger partial charge in [-0.15, -0.1) is 22.7 Å². The minimum atomic E-state index is -4.04. The van der Waals surface area contributed by atoms with Crippen LogP contribution in [0, 0.1) is 6.92 Å². The first-order valence-electron chi connectivity index (χ1n) is 12.1. The van der Waals surface area contributed by atoms with Crippen LogP contribution in [0.3, 0.4) is 0 Å². The summed E-state index contributed by atoms with van der Waals surface area (Å²) in [6, 6.07) is 18.6. The molecule has 11 heteroatoms. The van der Waals surface area contributed by atoms with E-state index in [0.29, 0.717) is 11.3 Å². The van der Waals surface area contributed by atoms with E-state index in [0.717, 1.165) is 46.9 Å². The van der Waals surface area contributed by atoms with E-state index < -0.39 is 27.9 Å². The number of nitrogens with zero attached hydrogens (tertiary/aromatic N) is 4. The van der Waals surface area contributed by atoms with Gasteiger partial charge in [0, 0.05) is 24.5 Å². The van der Waals surface area contributed by atoms with Crippen LogP contribution >= 0.6 is 22.7 Å². The number of aromatic nitrogens is 2. The number of thiazole rings is 1. The minimum Gasteiger partial charge on any atom is -0.274 e. The smallest absolute Gasteiger partial charge is 0.253 e. The molecule has 0 saturated carbocycles. The fourth-order valence-electron chi connectivity index (χ4n) is 4.58. The molecule has 1 atom stereocenters. The second-order valence-electron chi connectivity index (χ2n) is 9.17. The van der Waals surface area contributed by atoms with E-state index in [4.69, 9.17) is 4.98 Å². The van der Waals surface area contributed by atoms with Crippen molar-refractivity contribution >= 4 is 60.4 Å². The zero-order chi connectivity index (χ0) is 27.1. The van der Waals surface area contributed by atoms with Crippen LogP contribution in [-0.2, 0) is 26.2 Å². The van der Waals surface area contributed by atoms with E-state index in [1.54, 1.807) is 59.4 Å². The molecule has 1 aliphatic heterocycles. The highest BCUT2D eigenvalue weighted by Crippen LogP contribution is 2.35. The van der Waals surface area contributed by atoms with Crippen molar-refractivity contribution in [3.05, 3.63) is 95.6 Å². The lowest BCUT2D eigenvalue weighted by Crippen LogP contribution is -2.44. The van der Waals surface area contributed by atoms with E-state index in [9.17, 15) is 18.0 Å². The maximum atomic E-state index is 13.6. The zero-order valence-corrected chi connectivity index (χ0v) is 23.2. The lowest BCUT2D eigenvalue weighted by atomic mass is 10.2. The number of rotatable bonds is 7. The predicted molar refractivity (Wildman–Crippen MR) is 152 cm³/mol. The van der Waals surface area contributed by atoms with Gasteiger partial charge < -0.3 is 0 Å². The first-order chi connectivity index (χ1) is 18.8. The second-order valence-corrected chi connectivity index (χ2v) is 13.3. The SMILES string of the molecule is Cc1ccc2nc(-c3ccc(N4C(=O)CC(N(Cc5cccnc5)S(=O)(=O)c5cccs5)C4=O)cc3)sc2c1. The van der Waals surface area contributed by atoms with Gasteiger partial charge >= 0.3 is 0 Å². The summed E-state index contributed by atoms with van der Waals surface area (Å²) in [6.45, 7) is 1.95. The number of hydrogen-bond donors (Lipinski definition) is 0. The topological polar surface area (TPSA) is 101 Å². The standard InChI is InChI=1S/C28H22N4O4S3/c1-18-6-11-22-24(14-18)38-27(30-22)20-7-9-21(10-8-20)32-25(33)15-23(28(32)34)31(17-19-4-2-12-29-16-19)39(35,36)26-5-3-13-37-26/h2-14,16,23H,15,17H2,1H3. The summed E-state index contributed by atoms with van der Waals surface area (Å²) in [5, 5.41) is 2.50. The van der Waals surface area contributed by atoms with Crippen LogP contribution in [0.15, 0.2) is 88.7 Å². The van der Waals surface area contributed by atoms with Gasteiger partial charge in [0.25, 0.3) is 15.9 Å². The Balaban J connectivity index is 1.30. The number of fused-ring (bicyclic) bond motifs is 1. The molecule has 2 amide bonds. The first kappa shape index (κ1) is 25.5. The number of carbonyl (C=O) groups excluding carboxylic acids is 2. The number of amides is 2. The maximum absolute atomic E-state index is 13.6. The van der Waals surface area contributed by atoms with Crippen LogP contribution in [-0.4, -0.2) is 40.5 Å². The van der Waals surface area contributed by atoms with Gasteiger partial charge in [0.1, 0.15) is 15.3 Å². The Morgan fingerprint density at radius 3 is 2.59 bits per heavy atom. The summed E-state index contributed by atoms with van der Waals surface area (Å²) in [5.74, 6) is -1.03. The predicted octanol–water partition coefficient (Wildman–Crippen LogP) is 5.25. The fourth-order valence-corrected chi connectivity index (χ4v) is 8.34. The number of carbonyl (C=O) groups is 2. The van der Waals surface area contributed by atoms with Crippen LogP contribution in [0.25, 0.3) is 20.8 Å². The molecule has 8 nitrogen and oxygen atoms in total. The van der Waals surface area contributed by atoms with Crippen molar-refractivity contribution in [2.24, 2.45) is 0 Å². The van der Waals surface area contributed by atoms with Crippen LogP contribution in [0.2, 0.25) is 0 Å². The first-order valence-corrected chi connectivity index (χ1v) is 15.2. The van der Waals surface area contributed by atoms with Gasteiger partial charge in [0.2, 0.25) is 5.91 Å². The van der Waals surface area contributed by atoms with E-state index in [-0.39, 0.29) is 17.2 Å². The molecule has 0 radical (unpaired) electrons. The van der Waals surface area contributed by atoms with Crippen LogP contribution in [0.1, 0.15) is 17.5 Å². The third-order valence-corrected chi connectivity index (χ3v) is 10.8. The third-order valence-electron chi connectivity index (χ3n) is 6.51. The largest absolute Gasteiger partial charge is 0.274 e. The van der Waals surface area contributed by atoms with E-state index in [2.05, 4.69) is 11.1 Å². The Morgan fingerprint density at radius 2 is 1.87 bits per heavy atom. The van der Waals surface area contributed by atoms with E-state index in [1.165, 1.54) is 6.07 Å². The highest BCUT2D eigenvalue weighted by Gasteiger charge is 2.47. The summed E-state index contributed by atoms with van der Waals surface area (Å²) >= 11 is 2.64. The molecule has 0 spiro atoms. The highest BCUT2D eigenvalue weighted by molar-refractivity contribution is 7.91. The maximum Gasteiger partial charge on any atom is 0.253 e. The van der Waals surface area contributed by atoms with Gasteiger partial charge in [-0.05, 0) is 72.0 Å². The molecule has 1 saturated heterocycles. The fraction of sp³-hybridized carbons (Fsp3) is 0.143. The number of pyridine rings is 1. The molecule has 4 heterocycles. The Kier molecular flexibility index (Phi) is 6.59. The van der Waals surface area contributed by atoms with Crippen LogP contribution < -0.4 is 4.90 Å².